The SMILES string of the molecule is CC[C@@H](C)NC(=O)[C@H](CC)N(Cc1ccccc1)C(=O)CCSc1ccccc1. The highest BCUT2D eigenvalue weighted by Crippen LogP contribution is 2.20. The quantitative estimate of drug-likeness (QED) is 0.535. The second-order valence-electron chi connectivity index (χ2n) is 7.16. The van der Waals surface area contributed by atoms with E-state index in [0.717, 1.165) is 16.9 Å². The highest BCUT2D eigenvalue weighted by molar-refractivity contribution is 7.99. The molecule has 2 atom stereocenters. The first kappa shape index (κ1) is 23.0. The summed E-state index contributed by atoms with van der Waals surface area (Å²) in [5.74, 6) is 0.641. The van der Waals surface area contributed by atoms with Crippen molar-refractivity contribution in [1.82, 2.24) is 10.2 Å². The van der Waals surface area contributed by atoms with Crippen molar-refractivity contribution in [2.75, 3.05) is 5.75 Å². The number of benzene rings is 2. The fourth-order valence-corrected chi connectivity index (χ4v) is 3.92. The van der Waals surface area contributed by atoms with Crippen LogP contribution in [0.2, 0.25) is 0 Å². The first-order valence-corrected chi connectivity index (χ1v) is 11.3. The number of hydrogen-bond donors (Lipinski definition) is 1. The van der Waals surface area contributed by atoms with Crippen molar-refractivity contribution in [3.63, 3.8) is 0 Å². The predicted molar refractivity (Wildman–Crippen MR) is 121 cm³/mol. The Labute approximate surface area is 179 Å². The summed E-state index contributed by atoms with van der Waals surface area (Å²) >= 11 is 1.67. The van der Waals surface area contributed by atoms with Crippen LogP contribution < -0.4 is 5.32 Å². The summed E-state index contributed by atoms with van der Waals surface area (Å²) in [4.78, 5) is 28.9. The Morgan fingerprint density at radius 1 is 0.966 bits per heavy atom. The number of rotatable bonds is 11. The summed E-state index contributed by atoms with van der Waals surface area (Å²) in [6.07, 6.45) is 1.86. The second kappa shape index (κ2) is 12.3. The Hall–Kier alpha value is -2.27. The monoisotopic (exact) mass is 412 g/mol. The lowest BCUT2D eigenvalue weighted by Gasteiger charge is -2.31. The number of thioether (sulfide) groups is 1. The molecule has 2 amide bonds. The van der Waals surface area contributed by atoms with E-state index in [9.17, 15) is 9.59 Å². The number of amides is 2. The summed E-state index contributed by atoms with van der Waals surface area (Å²) in [5, 5.41) is 3.05. The average Bonchev–Trinajstić information content (AvgIpc) is 2.74. The molecule has 0 fully saturated rings. The van der Waals surface area contributed by atoms with E-state index >= 15 is 0 Å². The zero-order valence-electron chi connectivity index (χ0n) is 17.6. The fourth-order valence-electron chi connectivity index (χ4n) is 3.06. The van der Waals surface area contributed by atoms with Gasteiger partial charge in [-0.15, -0.1) is 11.8 Å². The molecule has 0 saturated heterocycles. The van der Waals surface area contributed by atoms with Crippen LogP contribution in [0.15, 0.2) is 65.6 Å². The molecular weight excluding hydrogens is 380 g/mol. The molecule has 4 nitrogen and oxygen atoms in total. The van der Waals surface area contributed by atoms with Crippen molar-refractivity contribution < 1.29 is 9.59 Å². The van der Waals surface area contributed by atoms with E-state index in [1.807, 2.05) is 81.4 Å². The summed E-state index contributed by atoms with van der Waals surface area (Å²) in [6.45, 7) is 6.44. The molecular formula is C24H32N2O2S. The lowest BCUT2D eigenvalue weighted by Crippen LogP contribution is -2.50. The standard InChI is InChI=1S/C24H32N2O2S/c1-4-19(3)25-24(28)22(5-2)26(18-20-12-8-6-9-13-20)23(27)16-17-29-21-14-10-7-11-15-21/h6-15,19,22H,4-5,16-18H2,1-3H3,(H,25,28)/t19-,22+/m1/s1. The molecule has 0 spiro atoms. The highest BCUT2D eigenvalue weighted by atomic mass is 32.2. The zero-order valence-corrected chi connectivity index (χ0v) is 18.5. The molecule has 2 aromatic rings. The van der Waals surface area contributed by atoms with Gasteiger partial charge in [0.1, 0.15) is 6.04 Å². The average molecular weight is 413 g/mol. The fraction of sp³-hybridized carbons (Fsp3) is 0.417. The topological polar surface area (TPSA) is 49.4 Å². The number of carbonyl (C=O) groups is 2. The van der Waals surface area contributed by atoms with Crippen molar-refractivity contribution in [2.24, 2.45) is 0 Å². The van der Waals surface area contributed by atoms with Crippen molar-refractivity contribution in [2.45, 2.75) is 63.6 Å². The Balaban J connectivity index is 2.09. The van der Waals surface area contributed by atoms with Crippen LogP contribution in [0, 0.1) is 0 Å². The molecule has 1 N–H and O–H groups in total. The molecule has 0 bridgehead atoms. The van der Waals surface area contributed by atoms with Gasteiger partial charge in [0.05, 0.1) is 0 Å². The first-order valence-electron chi connectivity index (χ1n) is 10.4. The third-order valence-electron chi connectivity index (χ3n) is 4.91. The summed E-state index contributed by atoms with van der Waals surface area (Å²) in [7, 11) is 0. The van der Waals surface area contributed by atoms with E-state index in [0.29, 0.717) is 25.1 Å². The van der Waals surface area contributed by atoms with Gasteiger partial charge >= 0.3 is 0 Å². The van der Waals surface area contributed by atoms with Crippen LogP contribution in [-0.2, 0) is 16.1 Å². The Bertz CT molecular complexity index is 752. The smallest absolute Gasteiger partial charge is 0.243 e. The number of carbonyl (C=O) groups excluding carboxylic acids is 2. The highest BCUT2D eigenvalue weighted by Gasteiger charge is 2.28. The van der Waals surface area contributed by atoms with E-state index in [4.69, 9.17) is 0 Å². The molecule has 0 heterocycles. The predicted octanol–water partition coefficient (Wildman–Crippen LogP) is 4.89. The van der Waals surface area contributed by atoms with E-state index < -0.39 is 6.04 Å². The minimum atomic E-state index is -0.460. The van der Waals surface area contributed by atoms with Gasteiger partial charge in [-0.25, -0.2) is 0 Å². The van der Waals surface area contributed by atoms with Crippen LogP contribution in [0.1, 0.15) is 45.6 Å². The van der Waals surface area contributed by atoms with Crippen LogP contribution in [0.25, 0.3) is 0 Å². The van der Waals surface area contributed by atoms with E-state index in [1.165, 1.54) is 0 Å². The maximum atomic E-state index is 13.1. The molecule has 0 aromatic heterocycles. The Kier molecular flexibility index (Phi) is 9.78. The molecule has 156 valence electrons. The zero-order chi connectivity index (χ0) is 21.1. The van der Waals surface area contributed by atoms with E-state index in [-0.39, 0.29) is 17.9 Å². The van der Waals surface area contributed by atoms with Crippen molar-refractivity contribution in [3.8, 4) is 0 Å². The van der Waals surface area contributed by atoms with Gasteiger partial charge in [-0.05, 0) is 37.5 Å². The van der Waals surface area contributed by atoms with Crippen LogP contribution in [0.5, 0.6) is 0 Å². The van der Waals surface area contributed by atoms with Crippen molar-refractivity contribution in [1.29, 1.82) is 0 Å². The van der Waals surface area contributed by atoms with Gasteiger partial charge < -0.3 is 10.2 Å². The normalized spacial score (nSPS) is 12.8. The van der Waals surface area contributed by atoms with Gasteiger partial charge in [0.15, 0.2) is 0 Å². The number of nitrogens with zero attached hydrogens (tertiary/aromatic N) is 1. The third kappa shape index (κ3) is 7.58. The van der Waals surface area contributed by atoms with Crippen LogP contribution in [0.4, 0.5) is 0 Å². The minimum Gasteiger partial charge on any atom is -0.352 e. The number of nitrogens with one attached hydrogen (secondary N) is 1. The van der Waals surface area contributed by atoms with E-state index in [1.54, 1.807) is 16.7 Å². The van der Waals surface area contributed by atoms with Crippen LogP contribution in [0.3, 0.4) is 0 Å². The van der Waals surface area contributed by atoms with Crippen molar-refractivity contribution >= 4 is 23.6 Å². The molecule has 5 heteroatoms. The summed E-state index contributed by atoms with van der Waals surface area (Å²) in [6, 6.07) is 19.6. The Morgan fingerprint density at radius 3 is 2.17 bits per heavy atom. The van der Waals surface area contributed by atoms with Crippen molar-refractivity contribution in [3.05, 3.63) is 66.2 Å². The molecule has 2 rings (SSSR count). The minimum absolute atomic E-state index is 0.0171. The molecule has 0 aliphatic heterocycles. The maximum absolute atomic E-state index is 13.1. The Morgan fingerprint density at radius 2 is 1.59 bits per heavy atom. The lowest BCUT2D eigenvalue weighted by molar-refractivity contribution is -0.141. The first-order chi connectivity index (χ1) is 14.0. The molecule has 29 heavy (non-hydrogen) atoms. The van der Waals surface area contributed by atoms with Gasteiger partial charge in [-0.1, -0.05) is 62.4 Å². The molecule has 0 unspecified atom stereocenters. The van der Waals surface area contributed by atoms with Crippen LogP contribution >= 0.6 is 11.8 Å². The molecule has 0 aliphatic carbocycles. The largest absolute Gasteiger partial charge is 0.352 e. The molecule has 0 saturated carbocycles. The summed E-state index contributed by atoms with van der Waals surface area (Å²) in [5.41, 5.74) is 1.03. The third-order valence-corrected chi connectivity index (χ3v) is 5.92. The second-order valence-corrected chi connectivity index (χ2v) is 8.33. The van der Waals surface area contributed by atoms with E-state index in [2.05, 4.69) is 5.32 Å². The maximum Gasteiger partial charge on any atom is 0.243 e. The molecule has 0 radical (unpaired) electrons. The molecule has 0 aliphatic rings. The molecule has 2 aromatic carbocycles. The number of hydrogen-bond acceptors (Lipinski definition) is 3. The van der Waals surface area contributed by atoms with Crippen LogP contribution in [-0.4, -0.2) is 34.6 Å². The van der Waals surface area contributed by atoms with Gasteiger partial charge in [0, 0.05) is 29.7 Å². The van der Waals surface area contributed by atoms with Gasteiger partial charge in [0.25, 0.3) is 0 Å². The van der Waals surface area contributed by atoms with Gasteiger partial charge in [0.2, 0.25) is 11.8 Å². The van der Waals surface area contributed by atoms with Gasteiger partial charge in [-0.3, -0.25) is 9.59 Å². The lowest BCUT2D eigenvalue weighted by atomic mass is 10.1. The van der Waals surface area contributed by atoms with Gasteiger partial charge in [-0.2, -0.15) is 0 Å². The summed E-state index contributed by atoms with van der Waals surface area (Å²) < 4.78 is 0.